The Kier molecular flexibility index (Phi) is 7.95. The molecule has 6 heteroatoms. The number of benzene rings is 2. The summed E-state index contributed by atoms with van der Waals surface area (Å²) >= 11 is 0. The van der Waals surface area contributed by atoms with Crippen LogP contribution in [0, 0.1) is 23.5 Å². The number of hydrogen-bond acceptors (Lipinski definition) is 1. The molecule has 1 aliphatic rings. The maximum absolute atomic E-state index is 14.6. The Bertz CT molecular complexity index is 813. The summed E-state index contributed by atoms with van der Waals surface area (Å²) in [6.45, 7) is 2.23. The molecular formula is C25H29F5O. The van der Waals surface area contributed by atoms with Gasteiger partial charge in [0.1, 0.15) is 17.4 Å². The molecule has 1 fully saturated rings. The Hall–Kier alpha value is -2.11. The molecule has 0 aromatic heterocycles. The van der Waals surface area contributed by atoms with Crippen LogP contribution in [0.5, 0.6) is 5.75 Å². The van der Waals surface area contributed by atoms with E-state index in [-0.39, 0.29) is 11.1 Å². The molecule has 2 aromatic rings. The van der Waals surface area contributed by atoms with Crippen molar-refractivity contribution in [3.05, 3.63) is 53.6 Å². The molecule has 170 valence electrons. The Balaban J connectivity index is 1.57. The summed E-state index contributed by atoms with van der Waals surface area (Å²) in [5.41, 5.74) is 0.534. The number of ether oxygens (including phenoxy) is 1. The summed E-state index contributed by atoms with van der Waals surface area (Å²) in [7, 11) is 0. The topological polar surface area (TPSA) is 9.23 Å². The van der Waals surface area contributed by atoms with E-state index in [0.29, 0.717) is 17.9 Å². The van der Waals surface area contributed by atoms with Crippen molar-refractivity contribution in [2.75, 3.05) is 0 Å². The first-order valence-corrected chi connectivity index (χ1v) is 11.1. The fraction of sp³-hybridized carbons (Fsp3) is 0.520. The summed E-state index contributed by atoms with van der Waals surface area (Å²) in [6.07, 6.45) is 5.42. The largest absolute Gasteiger partial charge is 0.573 e. The summed E-state index contributed by atoms with van der Waals surface area (Å²) in [4.78, 5) is 0. The van der Waals surface area contributed by atoms with Crippen LogP contribution in [-0.4, -0.2) is 6.36 Å². The first-order chi connectivity index (χ1) is 14.7. The lowest BCUT2D eigenvalue weighted by Crippen LogP contribution is -2.16. The molecule has 0 radical (unpaired) electrons. The first-order valence-electron chi connectivity index (χ1n) is 11.1. The SMILES string of the molecule is CCCC1CCC(CCCc2cc(F)c(-c3ccc(OC(F)(F)F)cc3)c(F)c2)CC1. The molecule has 1 aliphatic carbocycles. The van der Waals surface area contributed by atoms with Crippen LogP contribution >= 0.6 is 0 Å². The van der Waals surface area contributed by atoms with Gasteiger partial charge in [-0.3, -0.25) is 0 Å². The Morgan fingerprint density at radius 2 is 1.42 bits per heavy atom. The third kappa shape index (κ3) is 6.94. The van der Waals surface area contributed by atoms with E-state index in [1.807, 2.05) is 0 Å². The van der Waals surface area contributed by atoms with Crippen molar-refractivity contribution in [1.82, 2.24) is 0 Å². The van der Waals surface area contributed by atoms with Crippen molar-refractivity contribution >= 4 is 0 Å². The molecule has 3 rings (SSSR count). The van der Waals surface area contributed by atoms with E-state index in [9.17, 15) is 22.0 Å². The van der Waals surface area contributed by atoms with Crippen molar-refractivity contribution in [2.45, 2.75) is 71.1 Å². The van der Waals surface area contributed by atoms with Gasteiger partial charge in [-0.1, -0.05) is 64.0 Å². The highest BCUT2D eigenvalue weighted by Gasteiger charge is 2.31. The summed E-state index contributed by atoms with van der Waals surface area (Å²) < 4.78 is 69.8. The number of halogens is 5. The minimum Gasteiger partial charge on any atom is -0.406 e. The van der Waals surface area contributed by atoms with Gasteiger partial charge in [0.2, 0.25) is 0 Å². The summed E-state index contributed by atoms with van der Waals surface area (Å²) in [5, 5.41) is 0. The van der Waals surface area contributed by atoms with Gasteiger partial charge >= 0.3 is 6.36 Å². The maximum atomic E-state index is 14.6. The summed E-state index contributed by atoms with van der Waals surface area (Å²) in [5.74, 6) is -0.276. The molecule has 0 atom stereocenters. The van der Waals surface area contributed by atoms with Crippen molar-refractivity contribution in [3.8, 4) is 16.9 Å². The zero-order chi connectivity index (χ0) is 22.4. The zero-order valence-corrected chi connectivity index (χ0v) is 17.8. The van der Waals surface area contributed by atoms with Crippen molar-refractivity contribution in [1.29, 1.82) is 0 Å². The average Bonchev–Trinajstić information content (AvgIpc) is 2.69. The molecule has 0 bridgehead atoms. The maximum Gasteiger partial charge on any atom is 0.573 e. The summed E-state index contributed by atoms with van der Waals surface area (Å²) in [6, 6.07) is 7.19. The zero-order valence-electron chi connectivity index (χ0n) is 17.8. The normalized spacial score (nSPS) is 19.4. The molecular weight excluding hydrogens is 411 g/mol. The van der Waals surface area contributed by atoms with Crippen molar-refractivity contribution in [3.63, 3.8) is 0 Å². The van der Waals surface area contributed by atoms with E-state index >= 15 is 0 Å². The van der Waals surface area contributed by atoms with Crippen LogP contribution in [0.3, 0.4) is 0 Å². The van der Waals surface area contributed by atoms with Crippen LogP contribution in [0.25, 0.3) is 11.1 Å². The van der Waals surface area contributed by atoms with Crippen LogP contribution in [0.4, 0.5) is 22.0 Å². The second kappa shape index (κ2) is 10.5. The highest BCUT2D eigenvalue weighted by molar-refractivity contribution is 5.66. The van der Waals surface area contributed by atoms with E-state index in [1.165, 1.54) is 62.8 Å². The minimum atomic E-state index is -4.81. The molecule has 0 aliphatic heterocycles. The fourth-order valence-corrected chi connectivity index (χ4v) is 4.68. The highest BCUT2D eigenvalue weighted by atomic mass is 19.4. The second-order valence-corrected chi connectivity index (χ2v) is 8.57. The molecule has 0 N–H and O–H groups in total. The molecule has 1 saturated carbocycles. The van der Waals surface area contributed by atoms with Crippen LogP contribution in [-0.2, 0) is 6.42 Å². The lowest BCUT2D eigenvalue weighted by molar-refractivity contribution is -0.274. The molecule has 0 spiro atoms. The smallest absolute Gasteiger partial charge is 0.406 e. The number of rotatable bonds is 8. The molecule has 0 heterocycles. The molecule has 0 saturated heterocycles. The van der Waals surface area contributed by atoms with E-state index in [0.717, 1.165) is 30.9 Å². The van der Waals surface area contributed by atoms with Gasteiger partial charge in [0.25, 0.3) is 0 Å². The fourth-order valence-electron chi connectivity index (χ4n) is 4.68. The number of alkyl halides is 3. The van der Waals surface area contributed by atoms with Gasteiger partial charge in [-0.2, -0.15) is 0 Å². The van der Waals surface area contributed by atoms with Crippen LogP contribution in [0.1, 0.15) is 63.9 Å². The molecule has 1 nitrogen and oxygen atoms in total. The Morgan fingerprint density at radius 1 is 0.871 bits per heavy atom. The molecule has 31 heavy (non-hydrogen) atoms. The van der Waals surface area contributed by atoms with E-state index in [1.54, 1.807) is 0 Å². The number of aryl methyl sites for hydroxylation is 1. The monoisotopic (exact) mass is 440 g/mol. The molecule has 2 aromatic carbocycles. The minimum absolute atomic E-state index is 0.167. The third-order valence-corrected chi connectivity index (χ3v) is 6.22. The van der Waals surface area contributed by atoms with Gasteiger partial charge in [-0.25, -0.2) is 8.78 Å². The predicted octanol–water partition coefficient (Wildman–Crippen LogP) is 8.46. The van der Waals surface area contributed by atoms with Crippen LogP contribution < -0.4 is 4.74 Å². The molecule has 0 amide bonds. The lowest BCUT2D eigenvalue weighted by atomic mass is 9.78. The quantitative estimate of drug-likeness (QED) is 0.374. The standard InChI is InChI=1S/C25H29F5O/c1-2-4-17-7-9-18(10-8-17)5-3-6-19-15-22(26)24(23(27)16-19)20-11-13-21(14-12-20)31-25(28,29)30/h11-18H,2-10H2,1H3. The van der Waals surface area contributed by atoms with Gasteiger partial charge < -0.3 is 4.74 Å². The average molecular weight is 440 g/mol. The molecule has 0 unspecified atom stereocenters. The predicted molar refractivity (Wildman–Crippen MR) is 112 cm³/mol. The van der Waals surface area contributed by atoms with Gasteiger partial charge in [0.15, 0.2) is 0 Å². The van der Waals surface area contributed by atoms with Crippen molar-refractivity contribution < 1.29 is 26.7 Å². The first kappa shape index (κ1) is 23.6. The van der Waals surface area contributed by atoms with Crippen LogP contribution in [0.2, 0.25) is 0 Å². The van der Waals surface area contributed by atoms with E-state index in [2.05, 4.69) is 11.7 Å². The van der Waals surface area contributed by atoms with E-state index in [4.69, 9.17) is 0 Å². The van der Waals surface area contributed by atoms with Gasteiger partial charge in [0, 0.05) is 0 Å². The number of hydrogen-bond donors (Lipinski definition) is 0. The van der Waals surface area contributed by atoms with Crippen molar-refractivity contribution in [2.24, 2.45) is 11.8 Å². The Labute approximate surface area is 180 Å². The van der Waals surface area contributed by atoms with Gasteiger partial charge in [0.05, 0.1) is 5.56 Å². The van der Waals surface area contributed by atoms with E-state index < -0.39 is 23.7 Å². The Morgan fingerprint density at radius 3 is 1.94 bits per heavy atom. The second-order valence-electron chi connectivity index (χ2n) is 8.57. The third-order valence-electron chi connectivity index (χ3n) is 6.22. The highest BCUT2D eigenvalue weighted by Crippen LogP contribution is 2.35. The van der Waals surface area contributed by atoms with Gasteiger partial charge in [-0.05, 0) is 60.1 Å². The van der Waals surface area contributed by atoms with Gasteiger partial charge in [-0.15, -0.1) is 13.2 Å². The van der Waals surface area contributed by atoms with Crippen LogP contribution in [0.15, 0.2) is 36.4 Å². The lowest BCUT2D eigenvalue weighted by Gasteiger charge is -2.28.